The Bertz CT molecular complexity index is 2500. The standard InChI is InChI=1S/C33H31N2O.C15H28O2.Ir/c1-19(2)15-22-17-27-29-30(23-16-21-11-7-8-13-25(21)28(18-23)33(4,5)6)34-20(3)35-32(29)36-31(27)26-14-10-9-12-24(22)26;1-7-14(5,8-2)12(16)11-13(17)15(6,9-3)10-4;/h7-14,17-19H,15H2,1-6H3;11,16H,7-10H2,1-6H3;/q-1;;/b;12-11-;/i3D3,15D2;;. The molecule has 0 atom stereocenters. The SMILES string of the molecule is CCC(C)(CC)C(=O)/C=C(\O)C(C)(CC)CC.[2H]C([2H])([2H])c1nc(-c2[c-]c3ccccc3c(C(C)(C)C)c2)c2c(n1)oc1c3ccccc3c(C([2H])([2H])C(C)C)cc12.[Ir]. The number of allylic oxidation sites excluding steroid dienone is 2. The van der Waals surface area contributed by atoms with Gasteiger partial charge < -0.3 is 9.52 Å². The van der Waals surface area contributed by atoms with Crippen molar-refractivity contribution in [1.29, 1.82) is 0 Å². The third-order valence-electron chi connectivity index (χ3n) is 11.2. The van der Waals surface area contributed by atoms with Crippen LogP contribution in [0.15, 0.2) is 76.9 Å². The van der Waals surface area contributed by atoms with Crippen LogP contribution in [0.5, 0.6) is 0 Å². The van der Waals surface area contributed by atoms with Crippen molar-refractivity contribution in [3.8, 4) is 11.3 Å². The van der Waals surface area contributed by atoms with Crippen LogP contribution in [0.4, 0.5) is 0 Å². The summed E-state index contributed by atoms with van der Waals surface area (Å²) in [7, 11) is 0. The number of aromatic nitrogens is 2. The van der Waals surface area contributed by atoms with E-state index in [1.807, 2.05) is 110 Å². The number of aliphatic hydroxyl groups excluding tert-OH is 1. The number of carbonyl (C=O) groups excluding carboxylic acids is 1. The van der Waals surface area contributed by atoms with Gasteiger partial charge >= 0.3 is 0 Å². The quantitative estimate of drug-likeness (QED) is 0.0842. The van der Waals surface area contributed by atoms with Crippen molar-refractivity contribution in [2.75, 3.05) is 0 Å². The van der Waals surface area contributed by atoms with Crippen LogP contribution >= 0.6 is 0 Å². The molecule has 4 aromatic carbocycles. The number of carbonyl (C=O) groups is 1. The van der Waals surface area contributed by atoms with Crippen LogP contribution in [-0.2, 0) is 36.7 Å². The van der Waals surface area contributed by atoms with E-state index in [0.29, 0.717) is 33.2 Å². The molecule has 2 heterocycles. The number of ketones is 1. The molecule has 54 heavy (non-hydrogen) atoms. The summed E-state index contributed by atoms with van der Waals surface area (Å²) in [5.74, 6) is -0.309. The molecule has 1 N–H and O–H groups in total. The van der Waals surface area contributed by atoms with Crippen LogP contribution in [0.3, 0.4) is 0 Å². The average Bonchev–Trinajstić information content (AvgIpc) is 3.57. The third-order valence-corrected chi connectivity index (χ3v) is 11.2. The second-order valence-corrected chi connectivity index (χ2v) is 16.1. The maximum absolute atomic E-state index is 12.2. The molecular formula is C48H59IrN2O3-. The Hall–Kier alpha value is -3.86. The first-order valence-corrected chi connectivity index (χ1v) is 19.1. The van der Waals surface area contributed by atoms with Gasteiger partial charge in [-0.25, -0.2) is 0 Å². The molecule has 289 valence electrons. The number of fused-ring (bicyclic) bond motifs is 6. The van der Waals surface area contributed by atoms with Crippen molar-refractivity contribution in [3.63, 3.8) is 0 Å². The fourth-order valence-electron chi connectivity index (χ4n) is 6.78. The van der Waals surface area contributed by atoms with Crippen molar-refractivity contribution >= 4 is 49.4 Å². The van der Waals surface area contributed by atoms with Crippen LogP contribution < -0.4 is 0 Å². The molecule has 1 radical (unpaired) electrons. The van der Waals surface area contributed by atoms with Crippen molar-refractivity contribution in [2.24, 2.45) is 16.7 Å². The molecule has 6 heteroatoms. The minimum atomic E-state index is -2.56. The Balaban J connectivity index is 0.000000364. The van der Waals surface area contributed by atoms with Gasteiger partial charge in [0.25, 0.3) is 0 Å². The van der Waals surface area contributed by atoms with Gasteiger partial charge in [-0.15, -0.1) is 29.1 Å². The molecule has 6 aromatic rings. The summed E-state index contributed by atoms with van der Waals surface area (Å²) in [5, 5.41) is 14.8. The van der Waals surface area contributed by atoms with E-state index in [-0.39, 0.29) is 65.3 Å². The Kier molecular flexibility index (Phi) is 11.2. The monoisotopic (exact) mass is 909 g/mol. The number of aryl methyl sites for hydroxylation is 1. The molecule has 0 bridgehead atoms. The van der Waals surface area contributed by atoms with Crippen LogP contribution in [0.2, 0.25) is 0 Å². The molecule has 0 unspecified atom stereocenters. The molecule has 0 aliphatic rings. The molecule has 0 aliphatic heterocycles. The second kappa shape index (κ2) is 16.9. The van der Waals surface area contributed by atoms with E-state index in [2.05, 4.69) is 42.9 Å². The molecular weight excluding hydrogens is 845 g/mol. The minimum absolute atomic E-state index is 0. The molecule has 0 saturated heterocycles. The van der Waals surface area contributed by atoms with Crippen molar-refractivity contribution in [2.45, 2.75) is 120 Å². The van der Waals surface area contributed by atoms with E-state index in [9.17, 15) is 9.90 Å². The number of furan rings is 1. The zero-order valence-electron chi connectivity index (χ0n) is 38.7. The van der Waals surface area contributed by atoms with Crippen LogP contribution in [-0.4, -0.2) is 20.9 Å². The maximum atomic E-state index is 12.2. The van der Waals surface area contributed by atoms with Gasteiger partial charge in [-0.2, -0.15) is 4.98 Å². The molecule has 0 fully saturated rings. The molecule has 0 amide bonds. The predicted molar refractivity (Wildman–Crippen MR) is 224 cm³/mol. The second-order valence-electron chi connectivity index (χ2n) is 16.1. The summed E-state index contributed by atoms with van der Waals surface area (Å²) in [6.45, 7) is 19.7. The summed E-state index contributed by atoms with van der Waals surface area (Å²) in [6, 6.07) is 22.9. The Morgan fingerprint density at radius 1 is 0.870 bits per heavy atom. The first-order valence-electron chi connectivity index (χ1n) is 21.6. The Morgan fingerprint density at radius 2 is 1.46 bits per heavy atom. The van der Waals surface area contributed by atoms with E-state index in [1.165, 1.54) is 6.08 Å². The van der Waals surface area contributed by atoms with Crippen molar-refractivity contribution < 1.29 is 41.3 Å². The fourth-order valence-corrected chi connectivity index (χ4v) is 6.78. The zero-order valence-corrected chi connectivity index (χ0v) is 36.1. The molecule has 0 saturated carbocycles. The van der Waals surface area contributed by atoms with Gasteiger partial charge in [-0.1, -0.05) is 130 Å². The van der Waals surface area contributed by atoms with Gasteiger partial charge in [0.05, 0.1) is 0 Å². The molecule has 6 rings (SSSR count). The summed E-state index contributed by atoms with van der Waals surface area (Å²) in [6.07, 6.45) is 3.12. The van der Waals surface area contributed by atoms with Gasteiger partial charge in [0, 0.05) is 65.7 Å². The van der Waals surface area contributed by atoms with Crippen LogP contribution in [0.1, 0.15) is 126 Å². The maximum Gasteiger partial charge on any atom is 0.223 e. The van der Waals surface area contributed by atoms with Crippen LogP contribution in [0, 0.1) is 29.7 Å². The smallest absolute Gasteiger partial charge is 0.223 e. The average molecular weight is 909 g/mol. The van der Waals surface area contributed by atoms with Crippen molar-refractivity contribution in [3.05, 3.63) is 95.5 Å². The van der Waals surface area contributed by atoms with Gasteiger partial charge in [-0.05, 0) is 67.3 Å². The zero-order chi connectivity index (χ0) is 43.2. The summed E-state index contributed by atoms with van der Waals surface area (Å²) in [5.41, 5.74) is 2.53. The van der Waals surface area contributed by atoms with E-state index in [0.717, 1.165) is 52.8 Å². The van der Waals surface area contributed by atoms with Gasteiger partial charge in [0.15, 0.2) is 5.78 Å². The number of nitrogens with zero attached hydrogens (tertiary/aromatic N) is 2. The molecule has 5 nitrogen and oxygen atoms in total. The van der Waals surface area contributed by atoms with Gasteiger partial charge in [-0.3, -0.25) is 9.78 Å². The normalized spacial score (nSPS) is 14.6. The topological polar surface area (TPSA) is 76.2 Å². The van der Waals surface area contributed by atoms with Crippen molar-refractivity contribution in [1.82, 2.24) is 9.97 Å². The summed E-state index contributed by atoms with van der Waals surface area (Å²) in [4.78, 5) is 21.2. The van der Waals surface area contributed by atoms with Gasteiger partial charge in [0.2, 0.25) is 5.71 Å². The molecule has 0 spiro atoms. The van der Waals surface area contributed by atoms with E-state index >= 15 is 0 Å². The fraction of sp³-hybridized carbons (Fsp3) is 0.438. The first-order chi connectivity index (χ1) is 27.0. The number of hydrogen-bond acceptors (Lipinski definition) is 5. The number of benzene rings is 4. The molecule has 2 aromatic heterocycles. The van der Waals surface area contributed by atoms with E-state index < -0.39 is 13.2 Å². The minimum Gasteiger partial charge on any atom is -0.512 e. The Morgan fingerprint density at radius 3 is 2.04 bits per heavy atom. The van der Waals surface area contributed by atoms with E-state index in [1.54, 1.807) is 0 Å². The summed E-state index contributed by atoms with van der Waals surface area (Å²) < 4.78 is 48.7. The predicted octanol–water partition coefficient (Wildman–Crippen LogP) is 13.6. The largest absolute Gasteiger partial charge is 0.512 e. The first kappa shape index (κ1) is 35.8. The summed E-state index contributed by atoms with van der Waals surface area (Å²) >= 11 is 0. The molecule has 0 aliphatic carbocycles. The van der Waals surface area contributed by atoms with Gasteiger partial charge in [0.1, 0.15) is 17.2 Å². The third kappa shape index (κ3) is 8.51. The van der Waals surface area contributed by atoms with E-state index in [4.69, 9.17) is 11.3 Å². The number of aliphatic hydroxyl groups is 1. The number of rotatable bonds is 10. The number of hydrogen-bond donors (Lipinski definition) is 1. The Labute approximate surface area is 343 Å². The van der Waals surface area contributed by atoms with Crippen LogP contribution in [0.25, 0.3) is 54.9 Å².